The molecule has 8 nitrogen and oxygen atoms in total. The Kier molecular flexibility index (Phi) is 11.6. The van der Waals surface area contributed by atoms with Crippen molar-refractivity contribution in [2.45, 2.75) is 52.1 Å². The standard InChI is InChI=1S/C29H31F6N3O5/c1-14(2)8-16(10-24(40)37-12-17-18(30)4-3-5-19(17)31)29(42)38-22(9-15-6-7-36-28(15)41)23(39)13-43-27-25(34)20(32)11-21(33)26(27)35/h3-5,11,14-16,22H,6-10,12-13H2,1-2H3,(H,36,41)(H,37,40)(H,38,42). The van der Waals surface area contributed by atoms with Crippen molar-refractivity contribution in [2.75, 3.05) is 13.2 Å². The molecule has 3 atom stereocenters. The Labute approximate surface area is 243 Å². The van der Waals surface area contributed by atoms with Crippen molar-refractivity contribution in [3.05, 3.63) is 64.7 Å². The van der Waals surface area contributed by atoms with Crippen molar-refractivity contribution >= 4 is 23.5 Å². The van der Waals surface area contributed by atoms with Gasteiger partial charge in [-0.3, -0.25) is 19.2 Å². The van der Waals surface area contributed by atoms with Crippen molar-refractivity contribution in [3.63, 3.8) is 0 Å². The van der Waals surface area contributed by atoms with E-state index in [0.717, 1.165) is 12.1 Å². The maximum atomic E-state index is 14.0. The van der Waals surface area contributed by atoms with Crippen molar-refractivity contribution in [1.82, 2.24) is 16.0 Å². The predicted octanol–water partition coefficient (Wildman–Crippen LogP) is 3.85. The van der Waals surface area contributed by atoms with E-state index in [9.17, 15) is 45.5 Å². The molecule has 1 fully saturated rings. The number of hydrogen-bond donors (Lipinski definition) is 3. The number of carbonyl (C=O) groups excluding carboxylic acids is 4. The Morgan fingerprint density at radius 1 is 1.00 bits per heavy atom. The smallest absolute Gasteiger partial charge is 0.224 e. The fourth-order valence-electron chi connectivity index (χ4n) is 4.67. The zero-order valence-corrected chi connectivity index (χ0v) is 23.4. The number of hydrogen-bond acceptors (Lipinski definition) is 5. The summed E-state index contributed by atoms with van der Waals surface area (Å²) in [5.74, 6) is -15.1. The molecule has 1 aliphatic heterocycles. The van der Waals surface area contributed by atoms with Crippen molar-refractivity contribution < 1.29 is 50.3 Å². The summed E-state index contributed by atoms with van der Waals surface area (Å²) in [5, 5.41) is 7.42. The van der Waals surface area contributed by atoms with Gasteiger partial charge in [-0.2, -0.15) is 8.78 Å². The molecule has 0 spiro atoms. The lowest BCUT2D eigenvalue weighted by Gasteiger charge is -2.24. The van der Waals surface area contributed by atoms with Crippen LogP contribution in [-0.4, -0.2) is 42.7 Å². The van der Waals surface area contributed by atoms with Crippen molar-refractivity contribution in [2.24, 2.45) is 17.8 Å². The van der Waals surface area contributed by atoms with Gasteiger partial charge in [0.25, 0.3) is 0 Å². The van der Waals surface area contributed by atoms with Gasteiger partial charge in [0.05, 0.1) is 6.04 Å². The van der Waals surface area contributed by atoms with E-state index in [1.54, 1.807) is 13.8 Å². The minimum atomic E-state index is -1.86. The maximum absolute atomic E-state index is 14.0. The van der Waals surface area contributed by atoms with Crippen LogP contribution in [0.4, 0.5) is 26.3 Å². The summed E-state index contributed by atoms with van der Waals surface area (Å²) >= 11 is 0. The molecule has 1 heterocycles. The second-order valence-corrected chi connectivity index (χ2v) is 10.6. The van der Waals surface area contributed by atoms with Crippen LogP contribution in [0.3, 0.4) is 0 Å². The van der Waals surface area contributed by atoms with Gasteiger partial charge in [-0.15, -0.1) is 0 Å². The zero-order chi connectivity index (χ0) is 31.8. The van der Waals surface area contributed by atoms with Crippen LogP contribution in [0.2, 0.25) is 0 Å². The van der Waals surface area contributed by atoms with Gasteiger partial charge in [0.2, 0.25) is 29.4 Å². The third kappa shape index (κ3) is 8.94. The first-order valence-corrected chi connectivity index (χ1v) is 13.5. The number of rotatable bonds is 14. The van der Waals surface area contributed by atoms with E-state index in [1.807, 2.05) is 0 Å². The summed E-state index contributed by atoms with van der Waals surface area (Å²) in [5.41, 5.74) is -0.368. The number of nitrogens with one attached hydrogen (secondary N) is 3. The quantitative estimate of drug-likeness (QED) is 0.221. The van der Waals surface area contributed by atoms with E-state index in [4.69, 9.17) is 4.74 Å². The highest BCUT2D eigenvalue weighted by Crippen LogP contribution is 2.27. The zero-order valence-electron chi connectivity index (χ0n) is 23.4. The fourth-order valence-corrected chi connectivity index (χ4v) is 4.67. The molecule has 0 aromatic heterocycles. The molecule has 14 heteroatoms. The highest BCUT2D eigenvalue weighted by Gasteiger charge is 2.34. The molecule has 0 saturated carbocycles. The first-order valence-electron chi connectivity index (χ1n) is 13.5. The highest BCUT2D eigenvalue weighted by atomic mass is 19.2. The van der Waals surface area contributed by atoms with E-state index in [2.05, 4.69) is 16.0 Å². The monoisotopic (exact) mass is 615 g/mol. The van der Waals surface area contributed by atoms with Crippen LogP contribution < -0.4 is 20.7 Å². The lowest BCUT2D eigenvalue weighted by molar-refractivity contribution is -0.134. The lowest BCUT2D eigenvalue weighted by Crippen LogP contribution is -2.47. The number of benzene rings is 2. The molecule has 2 aromatic rings. The number of ether oxygens (including phenoxy) is 1. The molecule has 1 saturated heterocycles. The van der Waals surface area contributed by atoms with Crippen LogP contribution in [0.1, 0.15) is 45.1 Å². The van der Waals surface area contributed by atoms with Crippen LogP contribution in [0.25, 0.3) is 0 Å². The number of carbonyl (C=O) groups is 4. The molecule has 43 heavy (non-hydrogen) atoms. The third-order valence-corrected chi connectivity index (χ3v) is 6.90. The van der Waals surface area contributed by atoms with Gasteiger partial charge in [-0.1, -0.05) is 19.9 Å². The summed E-state index contributed by atoms with van der Waals surface area (Å²) in [6.07, 6.45) is -0.161. The van der Waals surface area contributed by atoms with Gasteiger partial charge in [0.1, 0.15) is 18.2 Å². The molecule has 1 aliphatic rings. The van der Waals surface area contributed by atoms with E-state index >= 15 is 0 Å². The maximum Gasteiger partial charge on any atom is 0.224 e. The summed E-state index contributed by atoms with van der Waals surface area (Å²) in [6, 6.07) is 1.76. The van der Waals surface area contributed by atoms with Crippen LogP contribution in [-0.2, 0) is 25.7 Å². The molecular formula is C29H31F6N3O5. The van der Waals surface area contributed by atoms with Crippen LogP contribution in [0, 0.1) is 52.7 Å². The number of amides is 3. The summed E-state index contributed by atoms with van der Waals surface area (Å²) in [7, 11) is 0. The second-order valence-electron chi connectivity index (χ2n) is 10.6. The van der Waals surface area contributed by atoms with Crippen LogP contribution >= 0.6 is 0 Å². The number of Topliss-reactive ketones (excluding diaryl/α,β-unsaturated/α-hetero) is 1. The van der Waals surface area contributed by atoms with Gasteiger partial charge >= 0.3 is 0 Å². The molecule has 234 valence electrons. The average molecular weight is 616 g/mol. The Bertz CT molecular complexity index is 1330. The molecule has 3 N–H and O–H groups in total. The van der Waals surface area contributed by atoms with E-state index in [-0.39, 0.29) is 30.4 Å². The van der Waals surface area contributed by atoms with E-state index in [0.29, 0.717) is 13.0 Å². The molecular weight excluding hydrogens is 584 g/mol. The Balaban J connectivity index is 1.74. The lowest BCUT2D eigenvalue weighted by atomic mass is 9.91. The van der Waals surface area contributed by atoms with Crippen LogP contribution in [0.15, 0.2) is 24.3 Å². The molecule has 3 rings (SSSR count). The topological polar surface area (TPSA) is 114 Å². The first kappa shape index (κ1) is 33.4. The summed E-state index contributed by atoms with van der Waals surface area (Å²) < 4.78 is 87.8. The average Bonchev–Trinajstić information content (AvgIpc) is 3.34. The highest BCUT2D eigenvalue weighted by molar-refractivity contribution is 5.93. The second kappa shape index (κ2) is 14.9. The Morgan fingerprint density at radius 2 is 1.63 bits per heavy atom. The van der Waals surface area contributed by atoms with Gasteiger partial charge in [0.15, 0.2) is 23.2 Å². The SMILES string of the molecule is CC(C)CC(CC(=O)NCc1c(F)cccc1F)C(=O)NC(CC1CCNC1=O)C(=O)COc1c(F)c(F)cc(F)c1F. The first-order chi connectivity index (χ1) is 20.3. The Hall–Kier alpha value is -4.10. The van der Waals surface area contributed by atoms with E-state index in [1.165, 1.54) is 6.07 Å². The van der Waals surface area contributed by atoms with Crippen LogP contribution in [0.5, 0.6) is 5.75 Å². The summed E-state index contributed by atoms with van der Waals surface area (Å²) in [6.45, 7) is 2.27. The Morgan fingerprint density at radius 3 is 2.19 bits per heavy atom. The molecule has 0 radical (unpaired) electrons. The van der Waals surface area contributed by atoms with Crippen molar-refractivity contribution in [1.29, 1.82) is 0 Å². The molecule has 0 aliphatic carbocycles. The van der Waals surface area contributed by atoms with Gasteiger partial charge in [-0.05, 0) is 37.3 Å². The molecule has 0 bridgehead atoms. The minimum Gasteiger partial charge on any atom is -0.479 e. The normalized spacial score (nSPS) is 16.0. The number of halogens is 6. The fraction of sp³-hybridized carbons (Fsp3) is 0.448. The van der Waals surface area contributed by atoms with Gasteiger partial charge < -0.3 is 20.7 Å². The largest absolute Gasteiger partial charge is 0.479 e. The van der Waals surface area contributed by atoms with E-state index < -0.39 is 102 Å². The minimum absolute atomic E-state index is 0.0288. The predicted molar refractivity (Wildman–Crippen MR) is 140 cm³/mol. The molecule has 3 amide bonds. The number of ketones is 1. The molecule has 2 aromatic carbocycles. The third-order valence-electron chi connectivity index (χ3n) is 6.90. The van der Waals surface area contributed by atoms with Gasteiger partial charge in [0, 0.05) is 43.0 Å². The summed E-state index contributed by atoms with van der Waals surface area (Å²) in [4.78, 5) is 51.2. The van der Waals surface area contributed by atoms with Gasteiger partial charge in [-0.25, -0.2) is 17.6 Å². The van der Waals surface area contributed by atoms with Crippen molar-refractivity contribution in [3.8, 4) is 5.75 Å². The molecule has 3 unspecified atom stereocenters.